The van der Waals surface area contributed by atoms with Gasteiger partial charge in [0.15, 0.2) is 0 Å². The van der Waals surface area contributed by atoms with Crippen LogP contribution >= 0.6 is 0 Å². The van der Waals surface area contributed by atoms with Crippen LogP contribution in [0.5, 0.6) is 5.75 Å². The van der Waals surface area contributed by atoms with Crippen LogP contribution in [0.1, 0.15) is 16.7 Å². The molecule has 134 valence electrons. The first-order valence-corrected chi connectivity index (χ1v) is 8.09. The van der Waals surface area contributed by atoms with Crippen LogP contribution in [0.25, 0.3) is 6.08 Å². The lowest BCUT2D eigenvalue weighted by atomic mass is 10.0. The number of methoxy groups -OCH3 is 1. The Morgan fingerprint density at radius 1 is 1.23 bits per heavy atom. The van der Waals surface area contributed by atoms with E-state index in [1.54, 1.807) is 30.3 Å². The van der Waals surface area contributed by atoms with Gasteiger partial charge < -0.3 is 9.47 Å². The summed E-state index contributed by atoms with van der Waals surface area (Å²) in [5.41, 5.74) is 2.31. The molecule has 5 nitrogen and oxygen atoms in total. The molecule has 1 heterocycles. The topological polar surface area (TPSA) is 55.8 Å². The van der Waals surface area contributed by atoms with Gasteiger partial charge in [0, 0.05) is 13.3 Å². The Kier molecular flexibility index (Phi) is 5.43. The highest BCUT2D eigenvalue weighted by Crippen LogP contribution is 2.24. The molecule has 2 aromatic carbocycles. The summed E-state index contributed by atoms with van der Waals surface area (Å²) in [6, 6.07) is 11.6. The Morgan fingerprint density at radius 2 is 2.08 bits per heavy atom. The van der Waals surface area contributed by atoms with Gasteiger partial charge in [0.2, 0.25) is 5.91 Å². The van der Waals surface area contributed by atoms with Crippen molar-refractivity contribution >= 4 is 17.9 Å². The average Bonchev–Trinajstić information content (AvgIpc) is 2.78. The molecule has 0 bridgehead atoms. The quantitative estimate of drug-likeness (QED) is 0.828. The maximum absolute atomic E-state index is 13.2. The van der Waals surface area contributed by atoms with E-state index in [9.17, 15) is 14.0 Å². The minimum absolute atomic E-state index is 0.0783. The van der Waals surface area contributed by atoms with Crippen LogP contribution < -0.4 is 4.74 Å². The third kappa shape index (κ3) is 4.15. The SMILES string of the molecule is COCC(=O)N1C=Cc2ccc(OCc3cccc(F)c3)cc2CC1=O. The summed E-state index contributed by atoms with van der Waals surface area (Å²) < 4.78 is 23.7. The van der Waals surface area contributed by atoms with E-state index in [1.807, 2.05) is 6.07 Å². The van der Waals surface area contributed by atoms with Gasteiger partial charge in [-0.2, -0.15) is 0 Å². The largest absolute Gasteiger partial charge is 0.489 e. The Labute approximate surface area is 150 Å². The van der Waals surface area contributed by atoms with E-state index in [0.717, 1.165) is 16.0 Å². The van der Waals surface area contributed by atoms with Crippen molar-refractivity contribution in [2.75, 3.05) is 13.7 Å². The van der Waals surface area contributed by atoms with E-state index in [-0.39, 0.29) is 31.4 Å². The van der Waals surface area contributed by atoms with E-state index >= 15 is 0 Å². The van der Waals surface area contributed by atoms with Crippen molar-refractivity contribution in [2.45, 2.75) is 13.0 Å². The molecule has 2 aromatic rings. The molecular formula is C20H18FNO4. The highest BCUT2D eigenvalue weighted by atomic mass is 19.1. The Morgan fingerprint density at radius 3 is 2.85 bits per heavy atom. The van der Waals surface area contributed by atoms with Crippen LogP contribution in [-0.2, 0) is 27.4 Å². The second-order valence-corrected chi connectivity index (χ2v) is 5.86. The predicted molar refractivity (Wildman–Crippen MR) is 93.6 cm³/mol. The lowest BCUT2D eigenvalue weighted by Crippen LogP contribution is -2.35. The third-order valence-electron chi connectivity index (χ3n) is 3.96. The lowest BCUT2D eigenvalue weighted by molar-refractivity contribution is -0.143. The number of halogens is 1. The summed E-state index contributed by atoms with van der Waals surface area (Å²) in [6.07, 6.45) is 3.25. The molecule has 0 saturated heterocycles. The number of nitrogens with zero attached hydrogens (tertiary/aromatic N) is 1. The molecule has 0 unspecified atom stereocenters. The first-order valence-electron chi connectivity index (χ1n) is 8.09. The van der Waals surface area contributed by atoms with Gasteiger partial charge >= 0.3 is 0 Å². The first kappa shape index (κ1) is 17.8. The summed E-state index contributed by atoms with van der Waals surface area (Å²) in [7, 11) is 1.40. The number of imide groups is 1. The van der Waals surface area contributed by atoms with Crippen LogP contribution in [0.3, 0.4) is 0 Å². The number of hydrogen-bond acceptors (Lipinski definition) is 4. The van der Waals surface area contributed by atoms with Crippen molar-refractivity contribution < 1.29 is 23.5 Å². The summed E-state index contributed by atoms with van der Waals surface area (Å²) >= 11 is 0. The maximum atomic E-state index is 13.2. The van der Waals surface area contributed by atoms with Crippen molar-refractivity contribution in [1.82, 2.24) is 4.90 Å². The monoisotopic (exact) mass is 355 g/mol. The van der Waals surface area contributed by atoms with Gasteiger partial charge in [0.1, 0.15) is 24.8 Å². The minimum Gasteiger partial charge on any atom is -0.489 e. The van der Waals surface area contributed by atoms with E-state index in [4.69, 9.17) is 9.47 Å². The van der Waals surface area contributed by atoms with Crippen LogP contribution in [-0.4, -0.2) is 30.4 Å². The Balaban J connectivity index is 1.73. The van der Waals surface area contributed by atoms with Crippen molar-refractivity contribution in [3.05, 3.63) is 71.2 Å². The second kappa shape index (κ2) is 7.93. The number of rotatable bonds is 5. The maximum Gasteiger partial charge on any atom is 0.259 e. The molecule has 0 spiro atoms. The van der Waals surface area contributed by atoms with Crippen LogP contribution in [0.2, 0.25) is 0 Å². The highest BCUT2D eigenvalue weighted by Gasteiger charge is 2.22. The van der Waals surface area contributed by atoms with Crippen LogP contribution in [0.4, 0.5) is 4.39 Å². The molecule has 1 aliphatic rings. The molecule has 0 aromatic heterocycles. The predicted octanol–water partition coefficient (Wildman–Crippen LogP) is 2.93. The minimum atomic E-state index is -0.413. The molecule has 0 atom stereocenters. The van der Waals surface area contributed by atoms with Gasteiger partial charge in [-0.25, -0.2) is 4.39 Å². The van der Waals surface area contributed by atoms with Crippen molar-refractivity contribution in [3.8, 4) is 5.75 Å². The number of amides is 2. The van der Waals surface area contributed by atoms with Gasteiger partial charge in [-0.15, -0.1) is 0 Å². The summed E-state index contributed by atoms with van der Waals surface area (Å²) in [5.74, 6) is -0.482. The fraction of sp³-hybridized carbons (Fsp3) is 0.200. The zero-order valence-electron chi connectivity index (χ0n) is 14.3. The first-order chi connectivity index (χ1) is 12.6. The normalized spacial score (nSPS) is 13.3. The average molecular weight is 355 g/mol. The van der Waals surface area contributed by atoms with Crippen LogP contribution in [0, 0.1) is 5.82 Å². The molecular weight excluding hydrogens is 337 g/mol. The van der Waals surface area contributed by atoms with E-state index in [1.165, 1.54) is 25.4 Å². The number of carbonyl (C=O) groups is 2. The molecule has 3 rings (SSSR count). The fourth-order valence-electron chi connectivity index (χ4n) is 2.68. The molecule has 0 N–H and O–H groups in total. The van der Waals surface area contributed by atoms with Gasteiger partial charge in [-0.3, -0.25) is 14.5 Å². The zero-order chi connectivity index (χ0) is 18.5. The molecule has 26 heavy (non-hydrogen) atoms. The molecule has 0 fully saturated rings. The molecule has 2 amide bonds. The molecule has 0 radical (unpaired) electrons. The van der Waals surface area contributed by atoms with E-state index < -0.39 is 5.91 Å². The molecule has 0 saturated carbocycles. The summed E-state index contributed by atoms with van der Waals surface area (Å²) in [6.45, 7) is 0.0627. The smallest absolute Gasteiger partial charge is 0.259 e. The van der Waals surface area contributed by atoms with Crippen molar-refractivity contribution in [1.29, 1.82) is 0 Å². The van der Waals surface area contributed by atoms with E-state index in [2.05, 4.69) is 0 Å². The molecule has 6 heteroatoms. The molecule has 1 aliphatic heterocycles. The standard InChI is InChI=1S/C20H18FNO4/c1-25-13-20(24)22-8-7-15-5-6-18(10-16(15)11-19(22)23)26-12-14-3-2-4-17(21)9-14/h2-10H,11-13H2,1H3. The summed E-state index contributed by atoms with van der Waals surface area (Å²) in [4.78, 5) is 25.3. The van der Waals surface area contributed by atoms with Gasteiger partial charge in [-0.1, -0.05) is 18.2 Å². The molecule has 0 aliphatic carbocycles. The zero-order valence-corrected chi connectivity index (χ0v) is 14.3. The highest BCUT2D eigenvalue weighted by molar-refractivity contribution is 5.99. The second-order valence-electron chi connectivity index (χ2n) is 5.86. The van der Waals surface area contributed by atoms with Crippen LogP contribution in [0.15, 0.2) is 48.7 Å². The number of hydrogen-bond donors (Lipinski definition) is 0. The lowest BCUT2D eigenvalue weighted by Gasteiger charge is -2.14. The van der Waals surface area contributed by atoms with Gasteiger partial charge in [-0.05, 0) is 47.0 Å². The Bertz CT molecular complexity index is 863. The fourth-order valence-corrected chi connectivity index (χ4v) is 2.68. The van der Waals surface area contributed by atoms with E-state index in [0.29, 0.717) is 11.3 Å². The van der Waals surface area contributed by atoms with Gasteiger partial charge in [0.25, 0.3) is 5.91 Å². The Hall–Kier alpha value is -2.99. The van der Waals surface area contributed by atoms with Gasteiger partial charge in [0.05, 0.1) is 6.42 Å². The van der Waals surface area contributed by atoms with Crippen molar-refractivity contribution in [3.63, 3.8) is 0 Å². The van der Waals surface area contributed by atoms with Crippen molar-refractivity contribution in [2.24, 2.45) is 0 Å². The third-order valence-corrected chi connectivity index (χ3v) is 3.96. The number of fused-ring (bicyclic) bond motifs is 1. The summed E-state index contributed by atoms with van der Waals surface area (Å²) in [5, 5.41) is 0. The number of benzene rings is 2. The number of ether oxygens (including phenoxy) is 2. The number of carbonyl (C=O) groups excluding carboxylic acids is 2.